The van der Waals surface area contributed by atoms with Gasteiger partial charge in [-0.3, -0.25) is 14.1 Å². The fraction of sp³-hybridized carbons (Fsp3) is 0.389. The third-order valence-corrected chi connectivity index (χ3v) is 9.99. The van der Waals surface area contributed by atoms with Crippen molar-refractivity contribution in [2.45, 2.75) is 71.1 Å². The number of hydroxylamine groups is 2. The third kappa shape index (κ3) is 6.73. The van der Waals surface area contributed by atoms with Crippen LogP contribution in [0.3, 0.4) is 0 Å². The fourth-order valence-corrected chi connectivity index (χ4v) is 7.30. The number of hydrogen-bond donors (Lipinski definition) is 1. The lowest BCUT2D eigenvalue weighted by atomic mass is 9.81. The number of amides is 2. The smallest absolute Gasteiger partial charge is 0.344 e. The van der Waals surface area contributed by atoms with E-state index in [1.54, 1.807) is 12.1 Å². The highest BCUT2D eigenvalue weighted by atomic mass is 32.2. The number of para-hydroxylation sites is 1. The molecule has 1 N–H and O–H groups in total. The summed E-state index contributed by atoms with van der Waals surface area (Å²) in [7, 11) is -3.99. The summed E-state index contributed by atoms with van der Waals surface area (Å²) >= 11 is 0. The molecule has 0 unspecified atom stereocenters. The van der Waals surface area contributed by atoms with Crippen molar-refractivity contribution in [1.82, 2.24) is 5.06 Å². The van der Waals surface area contributed by atoms with E-state index >= 15 is 0 Å². The number of allylic oxidation sites excluding steroid dienone is 6. The molecule has 0 radical (unpaired) electrons. The summed E-state index contributed by atoms with van der Waals surface area (Å²) in [6.07, 6.45) is 11.2. The number of carbonyl (C=O) groups is 3. The zero-order valence-electron chi connectivity index (χ0n) is 27.5. The van der Waals surface area contributed by atoms with Crippen LogP contribution < -0.4 is 4.90 Å². The van der Waals surface area contributed by atoms with E-state index in [1.807, 2.05) is 36.4 Å². The van der Waals surface area contributed by atoms with E-state index in [2.05, 4.69) is 68.4 Å². The number of anilines is 1. The van der Waals surface area contributed by atoms with Crippen LogP contribution in [0.4, 0.5) is 11.4 Å². The molecule has 5 rings (SSSR count). The number of likely N-dealkylation sites (N-methyl/N-ethyl adjacent to an activating group) is 1. The largest absolute Gasteiger partial charge is 0.363 e. The van der Waals surface area contributed by atoms with Crippen molar-refractivity contribution >= 4 is 45.0 Å². The van der Waals surface area contributed by atoms with Crippen LogP contribution in [0.1, 0.15) is 81.8 Å². The van der Waals surface area contributed by atoms with Gasteiger partial charge in [0, 0.05) is 60.3 Å². The molecular weight excluding hydrogens is 618 g/mol. The van der Waals surface area contributed by atoms with Gasteiger partial charge in [-0.1, -0.05) is 50.3 Å². The Bertz CT molecular complexity index is 1830. The maximum atomic E-state index is 12.9. The van der Waals surface area contributed by atoms with Gasteiger partial charge in [-0.05, 0) is 57.0 Å². The second-order valence-corrected chi connectivity index (χ2v) is 14.6. The summed E-state index contributed by atoms with van der Waals surface area (Å²) in [6.45, 7) is 11.9. The number of benzene rings is 2. The Morgan fingerprint density at radius 3 is 2.34 bits per heavy atom. The lowest BCUT2D eigenvalue weighted by Crippen LogP contribution is -2.32. The summed E-state index contributed by atoms with van der Waals surface area (Å²) in [5.41, 5.74) is 5.92. The van der Waals surface area contributed by atoms with Crippen LogP contribution in [0.2, 0.25) is 0 Å². The van der Waals surface area contributed by atoms with Crippen molar-refractivity contribution < 1.29 is 36.8 Å². The van der Waals surface area contributed by atoms with E-state index < -0.39 is 33.3 Å². The molecule has 1 saturated heterocycles. The fourth-order valence-electron chi connectivity index (χ4n) is 6.73. The minimum Gasteiger partial charge on any atom is -0.344 e. The first-order chi connectivity index (χ1) is 22.2. The molecule has 0 atom stereocenters. The molecule has 47 heavy (non-hydrogen) atoms. The first-order valence-electron chi connectivity index (χ1n) is 15.9. The van der Waals surface area contributed by atoms with Gasteiger partial charge in [-0.25, -0.2) is 4.79 Å². The van der Waals surface area contributed by atoms with Crippen molar-refractivity contribution in [3.8, 4) is 0 Å². The van der Waals surface area contributed by atoms with Gasteiger partial charge in [-0.15, -0.1) is 5.06 Å². The maximum Gasteiger partial charge on any atom is 0.363 e. The number of rotatable bonds is 11. The number of fused-ring (bicyclic) bond motifs is 2. The SMILES string of the molecule is CCN1/C(=C/C=C\C=C\C2=[N+](CCCCS(=O)(=O)O)c3ccccc3C2(C)C)C(C)(C)c2cc(C(=O)ON3C(=O)CCC3=O)ccc21. The van der Waals surface area contributed by atoms with E-state index in [4.69, 9.17) is 9.39 Å². The molecule has 2 amide bonds. The third-order valence-electron chi connectivity index (χ3n) is 9.19. The minimum atomic E-state index is -3.99. The van der Waals surface area contributed by atoms with Gasteiger partial charge >= 0.3 is 5.97 Å². The Morgan fingerprint density at radius 2 is 1.66 bits per heavy atom. The number of hydrogen-bond acceptors (Lipinski definition) is 7. The molecule has 3 heterocycles. The van der Waals surface area contributed by atoms with E-state index in [9.17, 15) is 22.8 Å². The van der Waals surface area contributed by atoms with Crippen LogP contribution >= 0.6 is 0 Å². The Balaban J connectivity index is 1.36. The van der Waals surface area contributed by atoms with Crippen molar-refractivity contribution in [1.29, 1.82) is 0 Å². The van der Waals surface area contributed by atoms with Crippen molar-refractivity contribution in [2.24, 2.45) is 0 Å². The molecule has 1 fully saturated rings. The average Bonchev–Trinajstić information content (AvgIpc) is 3.53. The highest BCUT2D eigenvalue weighted by Crippen LogP contribution is 2.48. The number of unbranched alkanes of at least 4 members (excludes halogenated alkanes) is 1. The first kappa shape index (κ1) is 34.0. The van der Waals surface area contributed by atoms with Crippen molar-refractivity contribution in [3.63, 3.8) is 0 Å². The molecule has 2 aromatic rings. The molecule has 3 aliphatic heterocycles. The van der Waals surface area contributed by atoms with E-state index in [0.29, 0.717) is 31.0 Å². The average molecular weight is 661 g/mol. The van der Waals surface area contributed by atoms with E-state index in [0.717, 1.165) is 28.3 Å². The molecular formula is C36H42N3O7S+. The Morgan fingerprint density at radius 1 is 0.957 bits per heavy atom. The van der Waals surface area contributed by atoms with Gasteiger partial charge in [0.1, 0.15) is 6.54 Å². The molecule has 3 aliphatic rings. The number of imide groups is 1. The van der Waals surface area contributed by atoms with Crippen LogP contribution in [0.5, 0.6) is 0 Å². The predicted molar refractivity (Wildman–Crippen MR) is 180 cm³/mol. The monoisotopic (exact) mass is 660 g/mol. The quantitative estimate of drug-likeness (QED) is 0.106. The van der Waals surface area contributed by atoms with E-state index in [1.165, 1.54) is 5.56 Å². The predicted octanol–water partition coefficient (Wildman–Crippen LogP) is 5.77. The summed E-state index contributed by atoms with van der Waals surface area (Å²) < 4.78 is 33.8. The molecule has 0 saturated carbocycles. The van der Waals surface area contributed by atoms with Gasteiger partial charge in [0.25, 0.3) is 21.9 Å². The van der Waals surface area contributed by atoms with Gasteiger partial charge in [0.2, 0.25) is 5.69 Å². The lowest BCUT2D eigenvalue weighted by molar-refractivity contribution is -0.438. The second-order valence-electron chi connectivity index (χ2n) is 13.0. The summed E-state index contributed by atoms with van der Waals surface area (Å²) in [5.74, 6) is -2.04. The number of carbonyl (C=O) groups excluding carboxylic acids is 3. The molecule has 0 bridgehead atoms. The van der Waals surface area contributed by atoms with Gasteiger partial charge in [-0.2, -0.15) is 13.0 Å². The topological polar surface area (TPSA) is 124 Å². The van der Waals surface area contributed by atoms with Crippen LogP contribution in [0.15, 0.2) is 78.5 Å². The summed E-state index contributed by atoms with van der Waals surface area (Å²) in [4.78, 5) is 44.1. The molecule has 0 aromatic heterocycles. The Hall–Kier alpha value is -4.35. The van der Waals surface area contributed by atoms with Crippen LogP contribution in [-0.2, 0) is 35.4 Å². The normalized spacial score (nSPS) is 19.5. The second kappa shape index (κ2) is 13.0. The van der Waals surface area contributed by atoms with Crippen molar-refractivity contribution in [3.05, 3.63) is 95.2 Å². The van der Waals surface area contributed by atoms with Crippen LogP contribution in [0.25, 0.3) is 0 Å². The highest BCUT2D eigenvalue weighted by Gasteiger charge is 2.44. The highest BCUT2D eigenvalue weighted by molar-refractivity contribution is 7.85. The summed E-state index contributed by atoms with van der Waals surface area (Å²) in [6, 6.07) is 13.5. The van der Waals surface area contributed by atoms with Crippen LogP contribution in [0, 0.1) is 0 Å². The molecule has 2 aromatic carbocycles. The minimum absolute atomic E-state index is 0.0361. The number of nitrogens with zero attached hydrogens (tertiary/aromatic N) is 3. The van der Waals surface area contributed by atoms with Gasteiger partial charge in [0.05, 0.1) is 16.7 Å². The molecule has 0 spiro atoms. The van der Waals surface area contributed by atoms with Crippen molar-refractivity contribution in [2.75, 3.05) is 23.7 Å². The van der Waals surface area contributed by atoms with Gasteiger partial charge < -0.3 is 9.74 Å². The first-order valence-corrected chi connectivity index (χ1v) is 17.5. The summed E-state index contributed by atoms with van der Waals surface area (Å²) in [5, 5.41) is 0.565. The molecule has 10 nitrogen and oxygen atoms in total. The molecule has 11 heteroatoms. The van der Waals surface area contributed by atoms with E-state index in [-0.39, 0.29) is 29.6 Å². The van der Waals surface area contributed by atoms with Crippen LogP contribution in [-0.4, -0.2) is 64.9 Å². The Labute approximate surface area is 276 Å². The lowest BCUT2D eigenvalue weighted by Gasteiger charge is -2.25. The maximum absolute atomic E-state index is 12.9. The zero-order chi connectivity index (χ0) is 34.1. The zero-order valence-corrected chi connectivity index (χ0v) is 28.3. The standard InChI is InChI=1S/C36H41N3O7S/c1-6-37-29-19-18-25(34(42)46-39-32(40)20-21-33(39)41)24-27(29)36(4,5)30(37)16-8-7-9-17-31-35(2,3)26-14-10-11-15-28(26)38(31)22-12-13-23-47(43,44)45/h7-11,14-19,24H,6,12-13,20-23H2,1-5H3/p+1. The van der Waals surface area contributed by atoms with Gasteiger partial charge in [0.15, 0.2) is 5.71 Å². The Kier molecular flexibility index (Phi) is 9.43. The molecule has 248 valence electrons. The molecule has 0 aliphatic carbocycles.